The van der Waals surface area contributed by atoms with Gasteiger partial charge in [0.2, 0.25) is 0 Å². The molecule has 3 nitrogen and oxygen atoms in total. The van der Waals surface area contributed by atoms with E-state index in [-0.39, 0.29) is 5.97 Å². The van der Waals surface area contributed by atoms with Gasteiger partial charge in [0, 0.05) is 28.0 Å². The zero-order valence-corrected chi connectivity index (χ0v) is 15.8. The molecule has 0 saturated heterocycles. The van der Waals surface area contributed by atoms with Crippen LogP contribution < -0.4 is 0 Å². The molecule has 2 aromatic carbocycles. The predicted molar refractivity (Wildman–Crippen MR) is 104 cm³/mol. The summed E-state index contributed by atoms with van der Waals surface area (Å²) in [7, 11) is 0. The second-order valence-electron chi connectivity index (χ2n) is 5.60. The summed E-state index contributed by atoms with van der Waals surface area (Å²) in [6.45, 7) is 2.17. The Kier molecular flexibility index (Phi) is 5.57. The highest BCUT2D eigenvalue weighted by atomic mass is 35.5. The van der Waals surface area contributed by atoms with E-state index in [1.807, 2.05) is 30.3 Å². The lowest BCUT2D eigenvalue weighted by Crippen LogP contribution is -2.05. The number of nitrogens with one attached hydrogen (secondary N) is 1. The van der Waals surface area contributed by atoms with E-state index in [1.165, 1.54) is 0 Å². The molecule has 1 heterocycles. The van der Waals surface area contributed by atoms with Crippen LogP contribution in [0.25, 0.3) is 22.2 Å². The molecular weight excluding hydrogens is 381 g/mol. The highest BCUT2D eigenvalue weighted by molar-refractivity contribution is 6.42. The van der Waals surface area contributed by atoms with Crippen LogP contribution in [0.5, 0.6) is 0 Å². The normalized spacial score (nSPS) is 11.0. The fraction of sp³-hybridized carbons (Fsp3) is 0.211. The van der Waals surface area contributed by atoms with Gasteiger partial charge in [0.25, 0.3) is 0 Å². The van der Waals surface area contributed by atoms with Crippen molar-refractivity contribution in [2.75, 3.05) is 6.61 Å². The van der Waals surface area contributed by atoms with Crippen LogP contribution in [0, 0.1) is 0 Å². The molecule has 25 heavy (non-hydrogen) atoms. The van der Waals surface area contributed by atoms with Gasteiger partial charge in [0.15, 0.2) is 0 Å². The highest BCUT2D eigenvalue weighted by Gasteiger charge is 2.16. The Hall–Kier alpha value is -1.68. The third-order valence-electron chi connectivity index (χ3n) is 3.96. The lowest BCUT2D eigenvalue weighted by molar-refractivity contribution is -0.143. The molecule has 3 rings (SSSR count). The summed E-state index contributed by atoms with van der Waals surface area (Å²) in [4.78, 5) is 15.2. The second kappa shape index (κ2) is 7.69. The van der Waals surface area contributed by atoms with Gasteiger partial charge in [-0.1, -0.05) is 40.9 Å². The van der Waals surface area contributed by atoms with Gasteiger partial charge in [0.05, 0.1) is 16.7 Å². The Labute approximate surface area is 160 Å². The van der Waals surface area contributed by atoms with Gasteiger partial charge in [-0.05, 0) is 54.8 Å². The molecule has 0 fully saturated rings. The van der Waals surface area contributed by atoms with Crippen LogP contribution in [0.1, 0.15) is 18.9 Å². The molecule has 0 bridgehead atoms. The molecule has 0 radical (unpaired) electrons. The molecule has 0 unspecified atom stereocenters. The number of aromatic amines is 1. The van der Waals surface area contributed by atoms with Crippen LogP contribution in [0.4, 0.5) is 0 Å². The zero-order chi connectivity index (χ0) is 18.0. The van der Waals surface area contributed by atoms with Crippen LogP contribution in [0.2, 0.25) is 15.1 Å². The molecule has 130 valence electrons. The van der Waals surface area contributed by atoms with Gasteiger partial charge >= 0.3 is 5.97 Å². The van der Waals surface area contributed by atoms with Crippen molar-refractivity contribution in [2.24, 2.45) is 0 Å². The van der Waals surface area contributed by atoms with Crippen molar-refractivity contribution in [1.29, 1.82) is 0 Å². The van der Waals surface area contributed by atoms with Gasteiger partial charge in [-0.3, -0.25) is 4.79 Å². The monoisotopic (exact) mass is 395 g/mol. The summed E-state index contributed by atoms with van der Waals surface area (Å²) in [6, 6.07) is 11.1. The Morgan fingerprint density at radius 2 is 1.88 bits per heavy atom. The number of esters is 1. The van der Waals surface area contributed by atoms with E-state index >= 15 is 0 Å². The first-order valence-electron chi connectivity index (χ1n) is 7.90. The van der Waals surface area contributed by atoms with E-state index in [1.54, 1.807) is 13.0 Å². The lowest BCUT2D eigenvalue weighted by Gasteiger charge is -2.07. The molecule has 0 aliphatic rings. The number of halogens is 3. The molecule has 0 atom stereocenters. The average molecular weight is 397 g/mol. The Bertz CT molecular complexity index is 934. The van der Waals surface area contributed by atoms with Crippen LogP contribution in [-0.2, 0) is 16.0 Å². The number of rotatable bonds is 5. The molecule has 1 N–H and O–H groups in total. The Morgan fingerprint density at radius 3 is 2.60 bits per heavy atom. The summed E-state index contributed by atoms with van der Waals surface area (Å²) < 4.78 is 5.04. The van der Waals surface area contributed by atoms with E-state index in [2.05, 4.69) is 4.98 Å². The maximum absolute atomic E-state index is 11.8. The standard InChI is InChI=1S/C19H16Cl3NO2/c1-2-25-18(24)8-5-13-14-10-12(20)4-7-17(14)23-19(13)11-3-6-15(21)16(22)9-11/h3-4,6-7,9-10,23H,2,5,8H2,1H3. The molecule has 1 aromatic heterocycles. The smallest absolute Gasteiger partial charge is 0.306 e. The molecule has 0 aliphatic heterocycles. The summed E-state index contributed by atoms with van der Waals surface area (Å²) in [5.41, 5.74) is 3.76. The van der Waals surface area contributed by atoms with Crippen molar-refractivity contribution in [1.82, 2.24) is 4.98 Å². The SMILES string of the molecule is CCOC(=O)CCc1c(-c2ccc(Cl)c(Cl)c2)[nH]c2ccc(Cl)cc12. The third kappa shape index (κ3) is 3.95. The molecule has 0 aliphatic carbocycles. The van der Waals surface area contributed by atoms with Crippen molar-refractivity contribution < 1.29 is 9.53 Å². The number of ether oxygens (including phenoxy) is 1. The van der Waals surface area contributed by atoms with E-state index in [0.717, 1.165) is 27.7 Å². The maximum atomic E-state index is 11.8. The van der Waals surface area contributed by atoms with E-state index in [9.17, 15) is 4.79 Å². The first-order chi connectivity index (χ1) is 12.0. The fourth-order valence-corrected chi connectivity index (χ4v) is 3.31. The third-order valence-corrected chi connectivity index (χ3v) is 4.94. The molecular formula is C19H16Cl3NO2. The van der Waals surface area contributed by atoms with Crippen molar-refractivity contribution in [3.63, 3.8) is 0 Å². The number of aromatic nitrogens is 1. The van der Waals surface area contributed by atoms with Crippen molar-refractivity contribution in [3.8, 4) is 11.3 Å². The second-order valence-corrected chi connectivity index (χ2v) is 6.85. The van der Waals surface area contributed by atoms with Crippen LogP contribution in [0.3, 0.4) is 0 Å². The molecule has 6 heteroatoms. The van der Waals surface area contributed by atoms with Gasteiger partial charge < -0.3 is 9.72 Å². The molecule has 0 saturated carbocycles. The number of H-pyrrole nitrogens is 1. The van der Waals surface area contributed by atoms with E-state index in [4.69, 9.17) is 39.5 Å². The topological polar surface area (TPSA) is 42.1 Å². The van der Waals surface area contributed by atoms with Crippen molar-refractivity contribution in [3.05, 3.63) is 57.0 Å². The highest BCUT2D eigenvalue weighted by Crippen LogP contribution is 2.35. The number of fused-ring (bicyclic) bond motifs is 1. The Balaban J connectivity index is 2.08. The zero-order valence-electron chi connectivity index (χ0n) is 13.5. The molecule has 0 spiro atoms. The minimum Gasteiger partial charge on any atom is -0.466 e. The molecule has 0 amide bonds. The minimum absolute atomic E-state index is 0.223. The number of carbonyl (C=O) groups excluding carboxylic acids is 1. The van der Waals surface area contributed by atoms with E-state index in [0.29, 0.717) is 34.5 Å². The molecule has 3 aromatic rings. The number of hydrogen-bond acceptors (Lipinski definition) is 2. The summed E-state index contributed by atoms with van der Waals surface area (Å²) in [5, 5.41) is 2.60. The van der Waals surface area contributed by atoms with Gasteiger partial charge in [-0.15, -0.1) is 0 Å². The number of aryl methyl sites for hydroxylation is 1. The Morgan fingerprint density at radius 1 is 1.08 bits per heavy atom. The summed E-state index contributed by atoms with van der Waals surface area (Å²) in [5.74, 6) is -0.223. The summed E-state index contributed by atoms with van der Waals surface area (Å²) >= 11 is 18.4. The van der Waals surface area contributed by atoms with E-state index < -0.39 is 0 Å². The van der Waals surface area contributed by atoms with Gasteiger partial charge in [-0.2, -0.15) is 0 Å². The first-order valence-corrected chi connectivity index (χ1v) is 9.04. The van der Waals surface area contributed by atoms with Crippen molar-refractivity contribution in [2.45, 2.75) is 19.8 Å². The van der Waals surface area contributed by atoms with Crippen LogP contribution in [0.15, 0.2) is 36.4 Å². The predicted octanol–water partition coefficient (Wildman–Crippen LogP) is 6.29. The van der Waals surface area contributed by atoms with Gasteiger partial charge in [0.1, 0.15) is 0 Å². The maximum Gasteiger partial charge on any atom is 0.306 e. The average Bonchev–Trinajstić information content (AvgIpc) is 2.93. The minimum atomic E-state index is -0.223. The van der Waals surface area contributed by atoms with Crippen LogP contribution in [-0.4, -0.2) is 17.6 Å². The van der Waals surface area contributed by atoms with Gasteiger partial charge in [-0.25, -0.2) is 0 Å². The number of benzene rings is 2. The van der Waals surface area contributed by atoms with Crippen LogP contribution >= 0.6 is 34.8 Å². The summed E-state index contributed by atoms with van der Waals surface area (Å²) in [6.07, 6.45) is 0.830. The van der Waals surface area contributed by atoms with Crippen molar-refractivity contribution >= 4 is 51.7 Å². The first kappa shape index (κ1) is 18.1. The largest absolute Gasteiger partial charge is 0.466 e. The fourth-order valence-electron chi connectivity index (χ4n) is 2.84. The quantitative estimate of drug-likeness (QED) is 0.515. The number of hydrogen-bond donors (Lipinski definition) is 1. The lowest BCUT2D eigenvalue weighted by atomic mass is 10.0. The number of carbonyl (C=O) groups is 1.